The fourth-order valence-corrected chi connectivity index (χ4v) is 2.49. The molecule has 17 heavy (non-hydrogen) atoms. The summed E-state index contributed by atoms with van der Waals surface area (Å²) < 4.78 is 5.48. The van der Waals surface area contributed by atoms with Gasteiger partial charge in [0.2, 0.25) is 0 Å². The van der Waals surface area contributed by atoms with E-state index in [1.54, 1.807) is 0 Å². The molecule has 1 amide bonds. The van der Waals surface area contributed by atoms with Gasteiger partial charge in [0.05, 0.1) is 0 Å². The van der Waals surface area contributed by atoms with Gasteiger partial charge in [-0.3, -0.25) is 4.79 Å². The molecule has 1 aliphatic heterocycles. The van der Waals surface area contributed by atoms with Crippen LogP contribution in [0, 0.1) is 13.8 Å². The van der Waals surface area contributed by atoms with E-state index < -0.39 is 0 Å². The van der Waals surface area contributed by atoms with Crippen molar-refractivity contribution in [3.63, 3.8) is 0 Å². The van der Waals surface area contributed by atoms with E-state index in [9.17, 15) is 4.79 Å². The molecule has 2 atom stereocenters. The van der Waals surface area contributed by atoms with Gasteiger partial charge in [-0.2, -0.15) is 0 Å². The second kappa shape index (κ2) is 4.53. The Morgan fingerprint density at radius 1 is 1.53 bits per heavy atom. The summed E-state index contributed by atoms with van der Waals surface area (Å²) in [6.45, 7) is 6.53. The first-order valence-electron chi connectivity index (χ1n) is 6.12. The minimum atomic E-state index is -0.00463. The van der Waals surface area contributed by atoms with Gasteiger partial charge in [-0.15, -0.1) is 0 Å². The Morgan fingerprint density at radius 3 is 2.76 bits per heavy atom. The molecule has 1 aromatic rings. The molecule has 4 nitrogen and oxygen atoms in total. The van der Waals surface area contributed by atoms with Gasteiger partial charge in [0.15, 0.2) is 5.76 Å². The van der Waals surface area contributed by atoms with Crippen LogP contribution in [0.3, 0.4) is 0 Å². The Labute approximate surface area is 102 Å². The number of hydrogen-bond acceptors (Lipinski definition) is 3. The summed E-state index contributed by atoms with van der Waals surface area (Å²) in [5.41, 5.74) is 6.81. The van der Waals surface area contributed by atoms with Crippen LogP contribution in [0.4, 0.5) is 0 Å². The van der Waals surface area contributed by atoms with Crippen molar-refractivity contribution in [2.24, 2.45) is 5.73 Å². The Balaban J connectivity index is 2.17. The monoisotopic (exact) mass is 236 g/mol. The van der Waals surface area contributed by atoms with E-state index in [1.807, 2.05) is 31.7 Å². The van der Waals surface area contributed by atoms with Crippen LogP contribution in [0.25, 0.3) is 0 Å². The molecule has 2 N–H and O–H groups in total. The third kappa shape index (κ3) is 2.36. The molecule has 94 valence electrons. The van der Waals surface area contributed by atoms with Crippen molar-refractivity contribution in [3.8, 4) is 0 Å². The first-order chi connectivity index (χ1) is 7.99. The fraction of sp³-hybridized carbons (Fsp3) is 0.615. The maximum Gasteiger partial charge on any atom is 0.290 e. The Kier molecular flexibility index (Phi) is 3.24. The Hall–Kier alpha value is -1.29. The third-order valence-electron chi connectivity index (χ3n) is 3.41. The zero-order chi connectivity index (χ0) is 12.6. The smallest absolute Gasteiger partial charge is 0.290 e. The highest BCUT2D eigenvalue weighted by atomic mass is 16.4. The lowest BCUT2D eigenvalue weighted by Crippen LogP contribution is -2.48. The molecule has 0 saturated carbocycles. The number of furan rings is 1. The third-order valence-corrected chi connectivity index (χ3v) is 3.41. The number of rotatable bonds is 1. The Morgan fingerprint density at radius 2 is 2.24 bits per heavy atom. The molecule has 0 spiro atoms. The van der Waals surface area contributed by atoms with Gasteiger partial charge in [0.1, 0.15) is 5.76 Å². The van der Waals surface area contributed by atoms with Gasteiger partial charge in [-0.1, -0.05) is 0 Å². The van der Waals surface area contributed by atoms with Crippen LogP contribution in [-0.2, 0) is 0 Å². The zero-order valence-corrected chi connectivity index (χ0v) is 10.7. The minimum Gasteiger partial charge on any atom is -0.456 e. The first kappa shape index (κ1) is 12.2. The summed E-state index contributed by atoms with van der Waals surface area (Å²) in [5, 5.41) is 0. The standard InChI is InChI=1S/C13H20N2O2/c1-8-6-10(3)17-12(8)13(16)15-5-4-11(14)7-9(15)2/h6,9,11H,4-5,7,14H2,1-3H3/t9-,11+/m1/s1. The zero-order valence-electron chi connectivity index (χ0n) is 10.7. The molecule has 1 saturated heterocycles. The lowest BCUT2D eigenvalue weighted by atomic mass is 9.98. The predicted octanol–water partition coefficient (Wildman–Crippen LogP) is 1.85. The number of carbonyl (C=O) groups is 1. The van der Waals surface area contributed by atoms with Crippen LogP contribution in [0.5, 0.6) is 0 Å². The van der Waals surface area contributed by atoms with Gasteiger partial charge in [-0.25, -0.2) is 0 Å². The largest absolute Gasteiger partial charge is 0.456 e. The Bertz CT molecular complexity index is 425. The van der Waals surface area contributed by atoms with Crippen LogP contribution < -0.4 is 5.73 Å². The molecule has 2 heterocycles. The average Bonchev–Trinajstić information content (AvgIpc) is 2.57. The lowest BCUT2D eigenvalue weighted by Gasteiger charge is -2.35. The molecule has 1 fully saturated rings. The molecule has 0 bridgehead atoms. The SMILES string of the molecule is Cc1cc(C)c(C(=O)N2CC[C@H](N)C[C@H]2C)o1. The molecule has 1 aromatic heterocycles. The molecule has 0 unspecified atom stereocenters. The van der Waals surface area contributed by atoms with Gasteiger partial charge in [-0.05, 0) is 39.7 Å². The van der Waals surface area contributed by atoms with E-state index >= 15 is 0 Å². The summed E-state index contributed by atoms with van der Waals surface area (Å²) in [6, 6.07) is 2.30. The number of aryl methyl sites for hydroxylation is 2. The second-order valence-electron chi connectivity index (χ2n) is 5.00. The van der Waals surface area contributed by atoms with E-state index in [2.05, 4.69) is 0 Å². The number of hydrogen-bond donors (Lipinski definition) is 1. The van der Waals surface area contributed by atoms with Crippen LogP contribution in [0.2, 0.25) is 0 Å². The van der Waals surface area contributed by atoms with Crippen molar-refractivity contribution in [3.05, 3.63) is 23.2 Å². The van der Waals surface area contributed by atoms with Gasteiger partial charge in [0, 0.05) is 24.2 Å². The summed E-state index contributed by atoms with van der Waals surface area (Å²) >= 11 is 0. The summed E-state index contributed by atoms with van der Waals surface area (Å²) in [7, 11) is 0. The van der Waals surface area contributed by atoms with Crippen LogP contribution in [0.15, 0.2) is 10.5 Å². The minimum absolute atomic E-state index is 0.00463. The number of nitrogens with two attached hydrogens (primary N) is 1. The van der Waals surface area contributed by atoms with Crippen molar-refractivity contribution < 1.29 is 9.21 Å². The molecule has 0 aromatic carbocycles. The van der Waals surface area contributed by atoms with Gasteiger partial charge >= 0.3 is 0 Å². The predicted molar refractivity (Wildman–Crippen MR) is 65.9 cm³/mol. The number of nitrogens with zero attached hydrogens (tertiary/aromatic N) is 1. The summed E-state index contributed by atoms with van der Waals surface area (Å²) in [5.74, 6) is 1.26. The molecule has 1 aliphatic rings. The molecule has 4 heteroatoms. The lowest BCUT2D eigenvalue weighted by molar-refractivity contribution is 0.0584. The average molecular weight is 236 g/mol. The normalized spacial score (nSPS) is 25.1. The van der Waals surface area contributed by atoms with Crippen LogP contribution in [0.1, 0.15) is 41.6 Å². The highest BCUT2D eigenvalue weighted by Crippen LogP contribution is 2.22. The summed E-state index contributed by atoms with van der Waals surface area (Å²) in [4.78, 5) is 14.2. The quantitative estimate of drug-likeness (QED) is 0.809. The summed E-state index contributed by atoms with van der Waals surface area (Å²) in [6.07, 6.45) is 1.74. The highest BCUT2D eigenvalue weighted by Gasteiger charge is 2.30. The number of carbonyl (C=O) groups excluding carboxylic acids is 1. The first-order valence-corrected chi connectivity index (χ1v) is 6.12. The van der Waals surface area contributed by atoms with E-state index in [-0.39, 0.29) is 18.0 Å². The van der Waals surface area contributed by atoms with Crippen molar-refractivity contribution in [1.82, 2.24) is 4.90 Å². The number of likely N-dealkylation sites (tertiary alicyclic amines) is 1. The van der Waals surface area contributed by atoms with Crippen molar-refractivity contribution >= 4 is 5.91 Å². The number of amides is 1. The van der Waals surface area contributed by atoms with Crippen LogP contribution >= 0.6 is 0 Å². The van der Waals surface area contributed by atoms with E-state index in [4.69, 9.17) is 10.2 Å². The highest BCUT2D eigenvalue weighted by molar-refractivity contribution is 5.93. The van der Waals surface area contributed by atoms with E-state index in [1.165, 1.54) is 0 Å². The van der Waals surface area contributed by atoms with Gasteiger partial charge in [0.25, 0.3) is 5.91 Å². The second-order valence-corrected chi connectivity index (χ2v) is 5.00. The topological polar surface area (TPSA) is 59.5 Å². The molecule has 2 rings (SSSR count). The van der Waals surface area contributed by atoms with E-state index in [0.29, 0.717) is 5.76 Å². The fourth-order valence-electron chi connectivity index (χ4n) is 2.49. The van der Waals surface area contributed by atoms with Crippen molar-refractivity contribution in [2.75, 3.05) is 6.54 Å². The van der Waals surface area contributed by atoms with Gasteiger partial charge < -0.3 is 15.1 Å². The van der Waals surface area contributed by atoms with Crippen LogP contribution in [-0.4, -0.2) is 29.4 Å². The maximum atomic E-state index is 12.3. The van der Waals surface area contributed by atoms with Crippen molar-refractivity contribution in [2.45, 2.75) is 45.7 Å². The van der Waals surface area contributed by atoms with E-state index in [0.717, 1.165) is 30.7 Å². The number of piperidine rings is 1. The molecule has 0 radical (unpaired) electrons. The molecular formula is C13H20N2O2. The van der Waals surface area contributed by atoms with Crippen molar-refractivity contribution in [1.29, 1.82) is 0 Å². The maximum absolute atomic E-state index is 12.3. The molecule has 0 aliphatic carbocycles. The molecular weight excluding hydrogens is 216 g/mol.